The zero-order chi connectivity index (χ0) is 18.1. The molecular weight excluding hydrogens is 326 g/mol. The standard InChI is InChI=1S/C21H29N3O2/c1-15-5-2-3-6-18(15)11-22-21(26)24-13-16-9-10-19(24)14-23(12-16)20(25)17-7-4-8-17/h2-3,5-6,16-17,19H,4,7-14H2,1H3,(H,22,26)/t16-,19+/m0/s1. The van der Waals surface area contributed by atoms with Gasteiger partial charge in [0, 0.05) is 32.1 Å². The number of benzene rings is 1. The summed E-state index contributed by atoms with van der Waals surface area (Å²) in [4.78, 5) is 29.5. The lowest BCUT2D eigenvalue weighted by molar-refractivity contribution is -0.138. The number of fused-ring (bicyclic) bond motifs is 4. The molecule has 3 saturated heterocycles. The van der Waals surface area contributed by atoms with Crippen LogP contribution in [0.3, 0.4) is 0 Å². The Labute approximate surface area is 155 Å². The summed E-state index contributed by atoms with van der Waals surface area (Å²) in [6, 6.07) is 8.33. The third kappa shape index (κ3) is 3.44. The third-order valence-electron chi connectivity index (χ3n) is 6.43. The molecule has 5 nitrogen and oxygen atoms in total. The number of nitrogens with zero attached hydrogens (tertiary/aromatic N) is 2. The zero-order valence-electron chi connectivity index (χ0n) is 15.6. The Balaban J connectivity index is 1.39. The molecule has 2 atom stereocenters. The molecular formula is C21H29N3O2. The average Bonchev–Trinajstić information content (AvgIpc) is 2.91. The Morgan fingerprint density at radius 2 is 1.88 bits per heavy atom. The normalized spacial score (nSPS) is 25.6. The van der Waals surface area contributed by atoms with Gasteiger partial charge < -0.3 is 15.1 Å². The van der Waals surface area contributed by atoms with Gasteiger partial charge in [-0.1, -0.05) is 30.7 Å². The van der Waals surface area contributed by atoms with Gasteiger partial charge in [0.1, 0.15) is 0 Å². The molecule has 4 aliphatic rings. The molecule has 4 fully saturated rings. The zero-order valence-corrected chi connectivity index (χ0v) is 15.6. The monoisotopic (exact) mass is 355 g/mol. The first-order valence-corrected chi connectivity index (χ1v) is 9.99. The fourth-order valence-corrected chi connectivity index (χ4v) is 4.50. The summed E-state index contributed by atoms with van der Waals surface area (Å²) >= 11 is 0. The number of piperidine rings is 1. The van der Waals surface area contributed by atoms with Gasteiger partial charge in [0.05, 0.1) is 6.04 Å². The minimum absolute atomic E-state index is 0.0147. The van der Waals surface area contributed by atoms with Crippen molar-refractivity contribution in [2.24, 2.45) is 11.8 Å². The Morgan fingerprint density at radius 3 is 2.62 bits per heavy atom. The van der Waals surface area contributed by atoms with E-state index in [4.69, 9.17) is 0 Å². The number of carbonyl (C=O) groups is 2. The number of urea groups is 1. The second-order valence-corrected chi connectivity index (χ2v) is 8.21. The Morgan fingerprint density at radius 1 is 1.08 bits per heavy atom. The number of nitrogens with one attached hydrogen (secondary N) is 1. The minimum atomic E-state index is 0.0147. The van der Waals surface area contributed by atoms with Crippen LogP contribution in [-0.4, -0.2) is 47.4 Å². The molecule has 1 N–H and O–H groups in total. The Hall–Kier alpha value is -2.04. The van der Waals surface area contributed by atoms with Crippen LogP contribution in [0.1, 0.15) is 43.2 Å². The van der Waals surface area contributed by atoms with Crippen molar-refractivity contribution in [1.82, 2.24) is 15.1 Å². The maximum absolute atomic E-state index is 12.8. The van der Waals surface area contributed by atoms with E-state index in [2.05, 4.69) is 29.3 Å². The maximum atomic E-state index is 12.8. The van der Waals surface area contributed by atoms with E-state index in [1.165, 1.54) is 12.0 Å². The summed E-state index contributed by atoms with van der Waals surface area (Å²) in [5.74, 6) is 0.994. The fraction of sp³-hybridized carbons (Fsp3) is 0.619. The molecule has 1 aromatic carbocycles. The second kappa shape index (κ2) is 7.29. The fourth-order valence-electron chi connectivity index (χ4n) is 4.50. The van der Waals surface area contributed by atoms with Gasteiger partial charge in [-0.2, -0.15) is 0 Å². The van der Waals surface area contributed by atoms with E-state index in [0.717, 1.165) is 44.3 Å². The second-order valence-electron chi connectivity index (χ2n) is 8.21. The van der Waals surface area contributed by atoms with Gasteiger partial charge in [0.2, 0.25) is 5.91 Å². The summed E-state index contributed by atoms with van der Waals surface area (Å²) in [5, 5.41) is 3.09. The first kappa shape index (κ1) is 17.4. The molecule has 3 amide bonds. The van der Waals surface area contributed by atoms with E-state index >= 15 is 0 Å². The summed E-state index contributed by atoms with van der Waals surface area (Å²) < 4.78 is 0. The number of rotatable bonds is 3. The summed E-state index contributed by atoms with van der Waals surface area (Å²) in [7, 11) is 0. The lowest BCUT2D eigenvalue weighted by Crippen LogP contribution is -2.51. The van der Waals surface area contributed by atoms with Crippen LogP contribution in [-0.2, 0) is 11.3 Å². The van der Waals surface area contributed by atoms with Crippen molar-refractivity contribution >= 4 is 11.9 Å². The first-order valence-electron chi connectivity index (χ1n) is 9.99. The molecule has 5 heteroatoms. The van der Waals surface area contributed by atoms with Crippen molar-refractivity contribution < 1.29 is 9.59 Å². The van der Waals surface area contributed by atoms with Crippen LogP contribution < -0.4 is 5.32 Å². The molecule has 1 aromatic rings. The van der Waals surface area contributed by atoms with Gasteiger partial charge in [-0.05, 0) is 49.7 Å². The van der Waals surface area contributed by atoms with Crippen molar-refractivity contribution in [3.05, 3.63) is 35.4 Å². The van der Waals surface area contributed by atoms with E-state index in [1.54, 1.807) is 0 Å². The molecule has 0 radical (unpaired) electrons. The molecule has 140 valence electrons. The van der Waals surface area contributed by atoms with Crippen LogP contribution in [0.2, 0.25) is 0 Å². The van der Waals surface area contributed by atoms with Gasteiger partial charge in [0.15, 0.2) is 0 Å². The highest BCUT2D eigenvalue weighted by Crippen LogP contribution is 2.33. The topological polar surface area (TPSA) is 52.7 Å². The van der Waals surface area contributed by atoms with E-state index in [9.17, 15) is 9.59 Å². The summed E-state index contributed by atoms with van der Waals surface area (Å²) in [6.45, 7) is 4.94. The molecule has 0 unspecified atom stereocenters. The van der Waals surface area contributed by atoms with Gasteiger partial charge in [-0.3, -0.25) is 4.79 Å². The highest BCUT2D eigenvalue weighted by Gasteiger charge is 2.40. The lowest BCUT2D eigenvalue weighted by Gasteiger charge is -2.36. The molecule has 0 aromatic heterocycles. The van der Waals surface area contributed by atoms with Gasteiger partial charge in [-0.25, -0.2) is 4.79 Å². The van der Waals surface area contributed by atoms with Crippen LogP contribution in [0.4, 0.5) is 4.79 Å². The predicted molar refractivity (Wildman–Crippen MR) is 101 cm³/mol. The summed E-state index contributed by atoms with van der Waals surface area (Å²) in [5.41, 5.74) is 2.35. The van der Waals surface area contributed by atoms with Crippen molar-refractivity contribution in [1.29, 1.82) is 0 Å². The van der Waals surface area contributed by atoms with Crippen LogP contribution in [0.25, 0.3) is 0 Å². The van der Waals surface area contributed by atoms with Gasteiger partial charge in [0.25, 0.3) is 0 Å². The largest absolute Gasteiger partial charge is 0.340 e. The van der Waals surface area contributed by atoms with Crippen molar-refractivity contribution in [3.8, 4) is 0 Å². The molecule has 26 heavy (non-hydrogen) atoms. The minimum Gasteiger partial charge on any atom is -0.340 e. The first-order chi connectivity index (χ1) is 12.6. The molecule has 3 heterocycles. The smallest absolute Gasteiger partial charge is 0.317 e. The van der Waals surface area contributed by atoms with Crippen LogP contribution >= 0.6 is 0 Å². The van der Waals surface area contributed by atoms with Crippen LogP contribution in [0.15, 0.2) is 24.3 Å². The SMILES string of the molecule is Cc1ccccc1CNC(=O)N1C[C@H]2CC[C@@H]1CN(C(=O)C1CCC1)C2. The highest BCUT2D eigenvalue weighted by molar-refractivity contribution is 5.80. The molecule has 2 bridgehead atoms. The van der Waals surface area contributed by atoms with E-state index < -0.39 is 0 Å². The number of hydrogen-bond donors (Lipinski definition) is 1. The number of hydrogen-bond acceptors (Lipinski definition) is 2. The average molecular weight is 355 g/mol. The van der Waals surface area contributed by atoms with E-state index in [-0.39, 0.29) is 18.0 Å². The summed E-state index contributed by atoms with van der Waals surface area (Å²) in [6.07, 6.45) is 5.42. The predicted octanol–water partition coefficient (Wildman–Crippen LogP) is 2.93. The Kier molecular flexibility index (Phi) is 4.88. The van der Waals surface area contributed by atoms with Crippen LogP contribution in [0, 0.1) is 18.8 Å². The molecule has 1 saturated carbocycles. The van der Waals surface area contributed by atoms with Gasteiger partial charge in [-0.15, -0.1) is 0 Å². The lowest BCUT2D eigenvalue weighted by atomic mass is 9.84. The van der Waals surface area contributed by atoms with Crippen molar-refractivity contribution in [2.45, 2.75) is 51.6 Å². The number of aryl methyl sites for hydroxylation is 1. The van der Waals surface area contributed by atoms with E-state index in [1.807, 2.05) is 17.0 Å². The molecule has 1 aliphatic carbocycles. The van der Waals surface area contributed by atoms with Gasteiger partial charge >= 0.3 is 6.03 Å². The van der Waals surface area contributed by atoms with E-state index in [0.29, 0.717) is 24.9 Å². The molecule has 0 spiro atoms. The molecule has 5 rings (SSSR count). The quantitative estimate of drug-likeness (QED) is 0.906. The highest BCUT2D eigenvalue weighted by atomic mass is 16.2. The Bertz CT molecular complexity index is 686. The van der Waals surface area contributed by atoms with Crippen molar-refractivity contribution in [3.63, 3.8) is 0 Å². The number of amides is 3. The number of carbonyl (C=O) groups excluding carboxylic acids is 2. The maximum Gasteiger partial charge on any atom is 0.317 e. The third-order valence-corrected chi connectivity index (χ3v) is 6.43. The van der Waals surface area contributed by atoms with Crippen molar-refractivity contribution in [2.75, 3.05) is 19.6 Å². The molecule has 3 aliphatic heterocycles. The van der Waals surface area contributed by atoms with Crippen LogP contribution in [0.5, 0.6) is 0 Å².